The Morgan fingerprint density at radius 1 is 1.30 bits per heavy atom. The standard InChI is InChI=1S/C15H25N3O2/c1-12(2,3)20-11(19)18-9-13(4,5)17-10(18)14-6-15(16,7-14)8-14/h6-9,16H2,1-5H3. The van der Waals surface area contributed by atoms with Crippen LogP contribution in [-0.4, -0.2) is 40.1 Å². The van der Waals surface area contributed by atoms with Gasteiger partial charge in [-0.05, 0) is 53.9 Å². The third-order valence-electron chi connectivity index (χ3n) is 4.37. The van der Waals surface area contributed by atoms with Gasteiger partial charge in [0.25, 0.3) is 0 Å². The van der Waals surface area contributed by atoms with E-state index in [1.807, 2.05) is 20.8 Å². The van der Waals surface area contributed by atoms with Gasteiger partial charge in [-0.1, -0.05) is 0 Å². The van der Waals surface area contributed by atoms with Crippen LogP contribution < -0.4 is 5.73 Å². The molecule has 5 heteroatoms. The molecule has 0 aromatic carbocycles. The Hall–Kier alpha value is -1.10. The van der Waals surface area contributed by atoms with Crippen molar-refractivity contribution in [1.82, 2.24) is 4.90 Å². The van der Waals surface area contributed by atoms with Gasteiger partial charge in [-0.3, -0.25) is 9.89 Å². The van der Waals surface area contributed by atoms with Crippen LogP contribution in [0.3, 0.4) is 0 Å². The minimum absolute atomic E-state index is 0.00878. The van der Waals surface area contributed by atoms with E-state index in [0.29, 0.717) is 6.54 Å². The minimum Gasteiger partial charge on any atom is -0.443 e. The smallest absolute Gasteiger partial charge is 0.415 e. The lowest BCUT2D eigenvalue weighted by Gasteiger charge is -2.69. The first-order valence-electron chi connectivity index (χ1n) is 7.34. The molecule has 0 radical (unpaired) electrons. The molecule has 4 rings (SSSR count). The van der Waals surface area contributed by atoms with E-state index in [-0.39, 0.29) is 22.6 Å². The second kappa shape index (κ2) is 3.56. The Bertz CT molecular complexity index is 482. The Labute approximate surface area is 120 Å². The molecule has 1 heterocycles. The van der Waals surface area contributed by atoms with Crippen LogP contribution in [0.5, 0.6) is 0 Å². The molecule has 0 aromatic rings. The largest absolute Gasteiger partial charge is 0.443 e. The van der Waals surface area contributed by atoms with Crippen molar-refractivity contribution in [2.45, 2.75) is 70.6 Å². The third kappa shape index (κ3) is 2.03. The average Bonchev–Trinajstić information content (AvgIpc) is 2.45. The first-order valence-corrected chi connectivity index (χ1v) is 7.34. The summed E-state index contributed by atoms with van der Waals surface area (Å²) in [4.78, 5) is 19.0. The Kier molecular flexibility index (Phi) is 2.47. The number of carbonyl (C=O) groups excluding carboxylic acids is 1. The summed E-state index contributed by atoms with van der Waals surface area (Å²) in [5.41, 5.74) is 5.48. The van der Waals surface area contributed by atoms with E-state index in [2.05, 4.69) is 13.8 Å². The highest BCUT2D eigenvalue weighted by Crippen LogP contribution is 2.67. The summed E-state index contributed by atoms with van der Waals surface area (Å²) in [6, 6.07) is 0. The number of nitrogens with two attached hydrogens (primary N) is 1. The van der Waals surface area contributed by atoms with Gasteiger partial charge >= 0.3 is 6.09 Å². The maximum absolute atomic E-state index is 12.4. The van der Waals surface area contributed by atoms with Crippen molar-refractivity contribution in [2.75, 3.05) is 6.54 Å². The zero-order valence-electron chi connectivity index (χ0n) is 13.1. The molecule has 0 aromatic heterocycles. The van der Waals surface area contributed by atoms with E-state index < -0.39 is 5.60 Å². The maximum Gasteiger partial charge on any atom is 0.415 e. The number of aliphatic imine (C=N–C) groups is 1. The van der Waals surface area contributed by atoms with Gasteiger partial charge in [-0.25, -0.2) is 4.79 Å². The lowest BCUT2D eigenvalue weighted by molar-refractivity contribution is -0.0789. The summed E-state index contributed by atoms with van der Waals surface area (Å²) in [6.07, 6.45) is 2.58. The molecule has 0 atom stereocenters. The van der Waals surface area contributed by atoms with Crippen LogP contribution in [0.25, 0.3) is 0 Å². The van der Waals surface area contributed by atoms with Crippen molar-refractivity contribution in [3.8, 4) is 0 Å². The van der Waals surface area contributed by atoms with Gasteiger partial charge in [-0.15, -0.1) is 0 Å². The summed E-state index contributed by atoms with van der Waals surface area (Å²) >= 11 is 0. The van der Waals surface area contributed by atoms with Gasteiger partial charge < -0.3 is 10.5 Å². The molecular weight excluding hydrogens is 254 g/mol. The van der Waals surface area contributed by atoms with Crippen molar-refractivity contribution < 1.29 is 9.53 Å². The summed E-state index contributed by atoms with van der Waals surface area (Å²) < 4.78 is 5.53. The Morgan fingerprint density at radius 3 is 2.30 bits per heavy atom. The minimum atomic E-state index is -0.483. The number of amidine groups is 1. The van der Waals surface area contributed by atoms with Crippen molar-refractivity contribution in [3.63, 3.8) is 0 Å². The SMILES string of the molecule is CC1(C)CN(C(=O)OC(C)(C)C)C(C23CC(N)(C2)C3)=N1. The average molecular weight is 279 g/mol. The van der Waals surface area contributed by atoms with Gasteiger partial charge in [0.05, 0.1) is 12.1 Å². The number of hydrogen-bond acceptors (Lipinski definition) is 4. The highest BCUT2D eigenvalue weighted by Gasteiger charge is 2.70. The fraction of sp³-hybridized carbons (Fsp3) is 0.867. The van der Waals surface area contributed by atoms with Crippen LogP contribution >= 0.6 is 0 Å². The van der Waals surface area contributed by atoms with Gasteiger partial charge in [0, 0.05) is 11.0 Å². The first-order chi connectivity index (χ1) is 8.94. The molecule has 3 saturated carbocycles. The van der Waals surface area contributed by atoms with Crippen LogP contribution in [-0.2, 0) is 4.74 Å². The molecule has 1 amide bonds. The predicted molar refractivity (Wildman–Crippen MR) is 77.7 cm³/mol. The number of ether oxygens (including phenoxy) is 1. The highest BCUT2D eigenvalue weighted by atomic mass is 16.6. The van der Waals surface area contributed by atoms with Gasteiger partial charge in [0.2, 0.25) is 0 Å². The zero-order chi connectivity index (χ0) is 15.0. The Balaban J connectivity index is 1.81. The van der Waals surface area contributed by atoms with Crippen LogP contribution in [0.2, 0.25) is 0 Å². The summed E-state index contributed by atoms with van der Waals surface area (Å²) in [6.45, 7) is 10.4. The third-order valence-corrected chi connectivity index (χ3v) is 4.37. The van der Waals surface area contributed by atoms with E-state index in [1.165, 1.54) is 0 Å². The normalized spacial score (nSPS) is 37.9. The number of nitrogens with zero attached hydrogens (tertiary/aromatic N) is 2. The molecule has 3 aliphatic carbocycles. The zero-order valence-corrected chi connectivity index (χ0v) is 13.1. The van der Waals surface area contributed by atoms with Crippen LogP contribution in [0.15, 0.2) is 4.99 Å². The van der Waals surface area contributed by atoms with Crippen molar-refractivity contribution >= 4 is 11.9 Å². The molecule has 2 bridgehead atoms. The summed E-state index contributed by atoms with van der Waals surface area (Å²) in [7, 11) is 0. The van der Waals surface area contributed by atoms with E-state index >= 15 is 0 Å². The topological polar surface area (TPSA) is 67.9 Å². The fourth-order valence-electron chi connectivity index (χ4n) is 3.82. The van der Waals surface area contributed by atoms with Crippen molar-refractivity contribution in [1.29, 1.82) is 0 Å². The number of amides is 1. The maximum atomic E-state index is 12.4. The summed E-state index contributed by atoms with van der Waals surface area (Å²) in [5.74, 6) is 0.907. The molecular formula is C15H25N3O2. The van der Waals surface area contributed by atoms with Crippen LogP contribution in [0.4, 0.5) is 4.79 Å². The second-order valence-corrected chi connectivity index (χ2v) is 8.49. The van der Waals surface area contributed by atoms with Gasteiger partial charge in [-0.2, -0.15) is 0 Å². The molecule has 112 valence electrons. The molecule has 0 unspecified atom stereocenters. The van der Waals surface area contributed by atoms with E-state index in [0.717, 1.165) is 25.1 Å². The molecule has 4 aliphatic rings. The molecule has 5 nitrogen and oxygen atoms in total. The monoisotopic (exact) mass is 279 g/mol. The Morgan fingerprint density at radius 2 is 1.85 bits per heavy atom. The molecule has 2 N–H and O–H groups in total. The number of rotatable bonds is 1. The predicted octanol–water partition coefficient (Wildman–Crippen LogP) is 2.30. The van der Waals surface area contributed by atoms with E-state index in [4.69, 9.17) is 15.5 Å². The van der Waals surface area contributed by atoms with Crippen LogP contribution in [0.1, 0.15) is 53.9 Å². The lowest BCUT2D eigenvalue weighted by atomic mass is 9.39. The highest BCUT2D eigenvalue weighted by molar-refractivity contribution is 6.03. The van der Waals surface area contributed by atoms with Gasteiger partial charge in [0.1, 0.15) is 11.4 Å². The summed E-state index contributed by atoms with van der Waals surface area (Å²) in [5, 5.41) is 0. The molecule has 0 saturated heterocycles. The fourth-order valence-corrected chi connectivity index (χ4v) is 3.82. The molecule has 20 heavy (non-hydrogen) atoms. The molecule has 3 fully saturated rings. The quantitative estimate of drug-likeness (QED) is 0.800. The lowest BCUT2D eigenvalue weighted by Crippen LogP contribution is -2.76. The molecule has 1 aliphatic heterocycles. The van der Waals surface area contributed by atoms with Crippen molar-refractivity contribution in [3.05, 3.63) is 0 Å². The molecule has 0 spiro atoms. The van der Waals surface area contributed by atoms with Crippen molar-refractivity contribution in [2.24, 2.45) is 16.1 Å². The van der Waals surface area contributed by atoms with Crippen LogP contribution in [0, 0.1) is 5.41 Å². The van der Waals surface area contributed by atoms with E-state index in [9.17, 15) is 4.79 Å². The number of carbonyl (C=O) groups is 1. The van der Waals surface area contributed by atoms with Gasteiger partial charge in [0.15, 0.2) is 0 Å². The number of hydrogen-bond donors (Lipinski definition) is 1. The first kappa shape index (κ1) is 13.9. The second-order valence-electron chi connectivity index (χ2n) is 8.49. The van der Waals surface area contributed by atoms with E-state index in [1.54, 1.807) is 4.90 Å².